The van der Waals surface area contributed by atoms with Gasteiger partial charge in [0.25, 0.3) is 0 Å². The summed E-state index contributed by atoms with van der Waals surface area (Å²) in [6.45, 7) is -0.228. The summed E-state index contributed by atoms with van der Waals surface area (Å²) in [5, 5.41) is 83.7. The van der Waals surface area contributed by atoms with E-state index < -0.39 is 108 Å². The zero-order valence-electron chi connectivity index (χ0n) is 44.5. The highest BCUT2D eigenvalue weighted by Crippen LogP contribution is 2.53. The summed E-state index contributed by atoms with van der Waals surface area (Å²) in [5.74, 6) is -1.73. The largest absolute Gasteiger partial charge is 0.507 e. The molecule has 5 aliphatic carbocycles. The number of aliphatic hydroxyl groups excluding tert-OH is 3. The number of aromatic hydroxyl groups is 1. The average molecular weight is 1100 g/mol. The first-order valence-electron chi connectivity index (χ1n) is 27.5. The maximum Gasteiger partial charge on any atom is 0.308 e. The number of ether oxygens (including phenoxy) is 4. The molecule has 19 nitrogen and oxygen atoms in total. The number of ketones is 2. The van der Waals surface area contributed by atoms with Gasteiger partial charge in [-0.2, -0.15) is 0 Å². The zero-order valence-corrected chi connectivity index (χ0v) is 44.5. The van der Waals surface area contributed by atoms with Gasteiger partial charge in [-0.3, -0.25) is 24.2 Å². The number of aryl methyl sites for hydroxylation is 1. The normalized spacial score (nSPS) is 26.0. The van der Waals surface area contributed by atoms with Gasteiger partial charge >= 0.3 is 5.97 Å². The number of phenols is 1. The van der Waals surface area contributed by atoms with Crippen molar-refractivity contribution < 1.29 is 73.9 Å². The minimum Gasteiger partial charge on any atom is -0.507 e. The smallest absolute Gasteiger partial charge is 0.308 e. The van der Waals surface area contributed by atoms with Crippen molar-refractivity contribution in [2.24, 2.45) is 34.0 Å². The quantitative estimate of drug-likeness (QED) is 0.0125. The molecule has 10 rings (SSSR count). The van der Waals surface area contributed by atoms with E-state index in [0.29, 0.717) is 55.1 Å². The molecule has 1 heterocycles. The monoisotopic (exact) mass is 1100 g/mol. The lowest BCUT2D eigenvalue weighted by atomic mass is 9.70. The maximum absolute atomic E-state index is 16.1. The molecule has 80 heavy (non-hydrogen) atoms. The molecule has 19 heteroatoms. The Morgan fingerprint density at radius 3 is 2.44 bits per heavy atom. The lowest BCUT2D eigenvalue weighted by Gasteiger charge is -2.48. The van der Waals surface area contributed by atoms with Crippen LogP contribution in [-0.2, 0) is 52.2 Å². The van der Waals surface area contributed by atoms with Gasteiger partial charge in [-0.25, -0.2) is 0 Å². The molecule has 6 aliphatic rings. The second-order valence-corrected chi connectivity index (χ2v) is 22.1. The van der Waals surface area contributed by atoms with Gasteiger partial charge in [-0.05, 0) is 122 Å². The number of rotatable bonds is 12. The minimum atomic E-state index is -3.10. The highest BCUT2D eigenvalue weighted by atomic mass is 16.7. The SMILES string of the molecule is CC(=O)Oc1cc(CO)c2c3c1C=Cc1cccc(c1)CC(O)CCC(N)C#CCc1c(OC4OC(C5CCCC5)C(O)C(O)(O)C4OCCN=C(N)N)c(Cc4ccc5c(c4C=O)C4(O)CCCC4CC5)c(O)c(c1C3=O)C2=O. The zero-order chi connectivity index (χ0) is 56.8. The third-order valence-electron chi connectivity index (χ3n) is 17.0. The summed E-state index contributed by atoms with van der Waals surface area (Å²) >= 11 is 0. The van der Waals surface area contributed by atoms with Crippen molar-refractivity contribution in [3.8, 4) is 29.1 Å². The summed E-state index contributed by atoms with van der Waals surface area (Å²) in [6, 6.07) is 11.2. The van der Waals surface area contributed by atoms with Crippen molar-refractivity contribution in [2.75, 3.05) is 13.2 Å². The molecule has 0 spiro atoms. The van der Waals surface area contributed by atoms with E-state index in [2.05, 4.69) is 16.8 Å². The Morgan fingerprint density at radius 2 is 1.70 bits per heavy atom. The molecule has 4 bridgehead atoms. The topological polar surface area (TPSA) is 337 Å². The fraction of sp³-hybridized carbons (Fsp3) is 0.459. The van der Waals surface area contributed by atoms with Gasteiger partial charge in [0.05, 0.1) is 49.2 Å². The van der Waals surface area contributed by atoms with Gasteiger partial charge < -0.3 is 71.9 Å². The van der Waals surface area contributed by atoms with Crippen molar-refractivity contribution in [1.82, 2.24) is 0 Å². The fourth-order valence-corrected chi connectivity index (χ4v) is 13.2. The molecule has 0 aromatic heterocycles. The predicted octanol–water partition coefficient (Wildman–Crippen LogP) is 3.66. The molecular weight excluding hydrogens is 1030 g/mol. The lowest BCUT2D eigenvalue weighted by molar-refractivity contribution is -0.386. The van der Waals surface area contributed by atoms with E-state index in [1.807, 2.05) is 18.2 Å². The average Bonchev–Trinajstić information content (AvgIpc) is 4.01. The van der Waals surface area contributed by atoms with E-state index in [1.54, 1.807) is 24.3 Å². The van der Waals surface area contributed by atoms with E-state index in [0.717, 1.165) is 43.7 Å². The summed E-state index contributed by atoms with van der Waals surface area (Å²) in [7, 11) is 0. The lowest BCUT2D eigenvalue weighted by Crippen LogP contribution is -2.69. The number of carbonyl (C=O) groups excluding carboxylic acids is 4. The van der Waals surface area contributed by atoms with Gasteiger partial charge in [-0.1, -0.05) is 67.2 Å². The number of nitrogens with two attached hydrogens (primary N) is 3. The Labute approximate surface area is 462 Å². The summed E-state index contributed by atoms with van der Waals surface area (Å²) in [6.07, 6.45) is 1.59. The number of fused-ring (bicyclic) bond motifs is 5. The van der Waals surface area contributed by atoms with Crippen LogP contribution < -0.4 is 26.7 Å². The van der Waals surface area contributed by atoms with Crippen LogP contribution >= 0.6 is 0 Å². The molecule has 0 amide bonds. The second kappa shape index (κ2) is 23.0. The molecule has 8 atom stereocenters. The molecule has 2 saturated carbocycles. The van der Waals surface area contributed by atoms with E-state index in [9.17, 15) is 45.3 Å². The number of aliphatic imine (C=N–C) groups is 1. The van der Waals surface area contributed by atoms with E-state index in [1.165, 1.54) is 12.1 Å². The van der Waals surface area contributed by atoms with Crippen molar-refractivity contribution in [1.29, 1.82) is 0 Å². The van der Waals surface area contributed by atoms with Crippen LogP contribution in [-0.4, -0.2) is 121 Å². The molecule has 8 unspecified atom stereocenters. The van der Waals surface area contributed by atoms with Gasteiger partial charge in [0, 0.05) is 58.7 Å². The number of aldehydes is 1. The number of nitrogens with zero attached hydrogens (tertiary/aromatic N) is 1. The van der Waals surface area contributed by atoms with Gasteiger partial charge in [-0.15, -0.1) is 0 Å². The molecule has 1 aliphatic heterocycles. The van der Waals surface area contributed by atoms with Crippen LogP contribution in [0.5, 0.6) is 17.2 Å². The van der Waals surface area contributed by atoms with Crippen LogP contribution in [0, 0.1) is 23.7 Å². The van der Waals surface area contributed by atoms with Gasteiger partial charge in [0.1, 0.15) is 23.4 Å². The number of aliphatic hydroxyl groups is 6. The van der Waals surface area contributed by atoms with Crippen molar-refractivity contribution in [3.05, 3.63) is 120 Å². The first-order chi connectivity index (χ1) is 38.3. The summed E-state index contributed by atoms with van der Waals surface area (Å²) < 4.78 is 25.4. The number of carbonyl (C=O) groups is 4. The molecule has 1 saturated heterocycles. The van der Waals surface area contributed by atoms with E-state index in [4.69, 9.17) is 36.1 Å². The van der Waals surface area contributed by atoms with E-state index >= 15 is 9.59 Å². The Hall–Kier alpha value is -6.83. The predicted molar refractivity (Wildman–Crippen MR) is 291 cm³/mol. The number of phenolic OH excluding ortho intramolecular Hbond substituents is 1. The molecule has 4 aromatic rings. The van der Waals surface area contributed by atoms with Crippen LogP contribution in [0.3, 0.4) is 0 Å². The van der Waals surface area contributed by atoms with Crippen molar-refractivity contribution in [3.63, 3.8) is 0 Å². The van der Waals surface area contributed by atoms with Crippen molar-refractivity contribution >= 4 is 41.9 Å². The molecule has 0 radical (unpaired) electrons. The Bertz CT molecular complexity index is 3260. The molecular formula is C61H68N4O15. The number of esters is 1. The molecule has 3 fully saturated rings. The van der Waals surface area contributed by atoms with Crippen molar-refractivity contribution in [2.45, 2.75) is 152 Å². The number of hydrogen-bond donors (Lipinski definition) is 10. The van der Waals surface area contributed by atoms with Crippen LogP contribution in [0.25, 0.3) is 12.2 Å². The van der Waals surface area contributed by atoms with Gasteiger partial charge in [0.2, 0.25) is 12.1 Å². The molecule has 422 valence electrons. The molecule has 4 aromatic carbocycles. The van der Waals surface area contributed by atoms with Crippen LogP contribution in [0.2, 0.25) is 0 Å². The Kier molecular flexibility index (Phi) is 16.2. The fourth-order valence-electron chi connectivity index (χ4n) is 13.2. The summed E-state index contributed by atoms with van der Waals surface area (Å²) in [5.41, 5.74) is 17.6. The third-order valence-corrected chi connectivity index (χ3v) is 17.0. The number of guanidine groups is 1. The Balaban J connectivity index is 1.26. The summed E-state index contributed by atoms with van der Waals surface area (Å²) in [4.78, 5) is 62.2. The van der Waals surface area contributed by atoms with Crippen LogP contribution in [0.15, 0.2) is 47.5 Å². The highest BCUT2D eigenvalue weighted by Gasteiger charge is 2.59. The standard InChI is InChI=1S/C61H68N4O15/c1-31(68)78-45-28-37(29-66)46-47-41(45)21-14-32-7-4-8-33(25-32)26-40(69)20-19-39(62)12-5-13-42-48(53(47)72)49(52(46)71)51(70)43(27-36-16-15-34-17-18-38-11-6-22-60(38,74)50(34)44(36)30-67)55(42)80-58-57(77-24-23-65-59(63)64)61(75,76)56(73)54(79-58)35-9-2-3-10-35/h4,7-8,14-16,21,25,28,30,35,38-40,54,56-58,66,69-70,73-76H,2-3,6,9-11,13,17-20,22-24,26-27,29,62H2,1H3,(H4,63,64,65). The molecule has 13 N–H and O–H groups in total. The van der Waals surface area contributed by atoms with E-state index in [-0.39, 0.29) is 94.7 Å². The first kappa shape index (κ1) is 56.4. The third kappa shape index (κ3) is 10.6. The van der Waals surface area contributed by atoms with Crippen LogP contribution in [0.1, 0.15) is 163 Å². The van der Waals surface area contributed by atoms with Gasteiger partial charge in [0.15, 0.2) is 29.9 Å². The Morgan fingerprint density at radius 1 is 0.925 bits per heavy atom. The first-order valence-corrected chi connectivity index (χ1v) is 27.5. The number of benzene rings is 4. The van der Waals surface area contributed by atoms with Crippen LogP contribution in [0.4, 0.5) is 0 Å². The second-order valence-electron chi connectivity index (χ2n) is 22.1. The number of hydrogen-bond acceptors (Lipinski definition) is 17. The highest BCUT2D eigenvalue weighted by molar-refractivity contribution is 6.32. The minimum absolute atomic E-state index is 0.0375. The maximum atomic E-state index is 16.1.